The molecule has 1 atom stereocenters. The van der Waals surface area contributed by atoms with Crippen molar-refractivity contribution in [3.05, 3.63) is 55.8 Å². The monoisotopic (exact) mass is 387 g/mol. The average Bonchev–Trinajstić information content (AvgIpc) is 2.86. The number of aliphatic hydroxyl groups excluding tert-OH is 1. The molecule has 2 rings (SSSR count). The molecule has 100 valence electrons. The van der Waals surface area contributed by atoms with Crippen LogP contribution in [0.2, 0.25) is 0 Å². The molecule has 0 aliphatic carbocycles. The zero-order valence-corrected chi connectivity index (χ0v) is 13.1. The van der Waals surface area contributed by atoms with Gasteiger partial charge in [-0.2, -0.15) is 0 Å². The summed E-state index contributed by atoms with van der Waals surface area (Å²) in [7, 11) is 0. The fourth-order valence-corrected chi connectivity index (χ4v) is 3.08. The number of benzene rings is 1. The predicted octanol–water partition coefficient (Wildman–Crippen LogP) is 2.69. The van der Waals surface area contributed by atoms with Crippen LogP contribution in [0.4, 0.5) is 0 Å². The number of hydrogen-bond donors (Lipinski definition) is 2. The number of rotatable bonds is 5. The summed E-state index contributed by atoms with van der Waals surface area (Å²) in [6.07, 6.45) is 0.629. The number of halogens is 1. The van der Waals surface area contributed by atoms with Crippen molar-refractivity contribution < 1.29 is 9.90 Å². The fraction of sp³-hybridized carbons (Fsp3) is 0.214. The summed E-state index contributed by atoms with van der Waals surface area (Å²) < 4.78 is 1.08. The molecule has 2 aromatic rings. The number of hydrogen-bond acceptors (Lipinski definition) is 3. The first kappa shape index (κ1) is 14.5. The van der Waals surface area contributed by atoms with Crippen LogP contribution in [0, 0.1) is 2.88 Å². The Balaban J connectivity index is 1.97. The molecular weight excluding hydrogens is 373 g/mol. The molecule has 0 saturated carbocycles. The summed E-state index contributed by atoms with van der Waals surface area (Å²) in [6, 6.07) is 11.4. The zero-order valence-electron chi connectivity index (χ0n) is 10.2. The van der Waals surface area contributed by atoms with E-state index in [-0.39, 0.29) is 18.6 Å². The van der Waals surface area contributed by atoms with Gasteiger partial charge < -0.3 is 10.4 Å². The molecule has 3 nitrogen and oxygen atoms in total. The maximum Gasteiger partial charge on any atom is 0.252 e. The molecular formula is C14H14INO2S. The Labute approximate surface area is 129 Å². The van der Waals surface area contributed by atoms with Crippen LogP contribution in [0.25, 0.3) is 0 Å². The Hall–Kier alpha value is -0.920. The van der Waals surface area contributed by atoms with Gasteiger partial charge in [0.25, 0.3) is 5.91 Å². The number of amides is 1. The van der Waals surface area contributed by atoms with Crippen LogP contribution in [-0.4, -0.2) is 23.7 Å². The molecule has 0 saturated heterocycles. The van der Waals surface area contributed by atoms with Crippen molar-refractivity contribution in [2.45, 2.75) is 12.5 Å². The summed E-state index contributed by atoms with van der Waals surface area (Å²) in [6.45, 7) is -0.0676. The van der Waals surface area contributed by atoms with E-state index in [0.29, 0.717) is 12.0 Å². The van der Waals surface area contributed by atoms with Gasteiger partial charge in [0.1, 0.15) is 0 Å². The lowest BCUT2D eigenvalue weighted by atomic mass is 10.1. The highest BCUT2D eigenvalue weighted by Gasteiger charge is 2.14. The van der Waals surface area contributed by atoms with Crippen LogP contribution in [0.5, 0.6) is 0 Å². The molecule has 0 aliphatic heterocycles. The van der Waals surface area contributed by atoms with E-state index in [0.717, 1.165) is 8.45 Å². The minimum Gasteiger partial charge on any atom is -0.394 e. The van der Waals surface area contributed by atoms with E-state index in [2.05, 4.69) is 27.9 Å². The van der Waals surface area contributed by atoms with Crippen molar-refractivity contribution in [2.75, 3.05) is 6.61 Å². The highest BCUT2D eigenvalue weighted by molar-refractivity contribution is 14.1. The van der Waals surface area contributed by atoms with Gasteiger partial charge in [-0.15, -0.1) is 11.3 Å². The van der Waals surface area contributed by atoms with Crippen molar-refractivity contribution >= 4 is 39.8 Å². The lowest BCUT2D eigenvalue weighted by molar-refractivity contribution is 0.0917. The van der Waals surface area contributed by atoms with Crippen LogP contribution < -0.4 is 5.32 Å². The summed E-state index contributed by atoms with van der Waals surface area (Å²) in [5.41, 5.74) is 1.75. The number of nitrogens with one attached hydrogen (secondary N) is 1. The normalized spacial score (nSPS) is 12.1. The first-order valence-corrected chi connectivity index (χ1v) is 7.84. The van der Waals surface area contributed by atoms with E-state index in [1.165, 1.54) is 11.3 Å². The van der Waals surface area contributed by atoms with Gasteiger partial charge in [0.05, 0.1) is 21.1 Å². The molecule has 0 aliphatic rings. The van der Waals surface area contributed by atoms with Crippen LogP contribution in [-0.2, 0) is 6.42 Å². The third-order valence-corrected chi connectivity index (χ3v) is 4.50. The topological polar surface area (TPSA) is 49.3 Å². The van der Waals surface area contributed by atoms with Gasteiger partial charge in [0, 0.05) is 5.38 Å². The Kier molecular flexibility index (Phi) is 5.35. The van der Waals surface area contributed by atoms with Gasteiger partial charge in [0.15, 0.2) is 0 Å². The molecule has 1 heterocycles. The second-order valence-electron chi connectivity index (χ2n) is 4.18. The number of thiophene rings is 1. The van der Waals surface area contributed by atoms with Crippen LogP contribution in [0.15, 0.2) is 41.8 Å². The maximum atomic E-state index is 12.0. The van der Waals surface area contributed by atoms with E-state index in [1.807, 2.05) is 41.8 Å². The second kappa shape index (κ2) is 7.02. The van der Waals surface area contributed by atoms with Crippen LogP contribution in [0.3, 0.4) is 0 Å². The number of aliphatic hydroxyl groups is 1. The Morgan fingerprint density at radius 3 is 2.68 bits per heavy atom. The minimum absolute atomic E-state index is 0.0676. The van der Waals surface area contributed by atoms with Crippen LogP contribution >= 0.6 is 33.9 Å². The highest BCUT2D eigenvalue weighted by atomic mass is 127. The smallest absolute Gasteiger partial charge is 0.252 e. The standard InChI is InChI=1S/C14H14INO2S/c15-13-7-11(9-19-13)14(18)16-12(8-17)6-10-4-2-1-3-5-10/h1-5,7,9,12,17H,6,8H2,(H,16,18)/t12-/m0/s1. The van der Waals surface area contributed by atoms with Gasteiger partial charge in [-0.05, 0) is 40.6 Å². The lowest BCUT2D eigenvalue weighted by Gasteiger charge is -2.15. The Bertz CT molecular complexity index is 541. The predicted molar refractivity (Wildman–Crippen MR) is 85.5 cm³/mol. The van der Waals surface area contributed by atoms with Crippen molar-refractivity contribution in [2.24, 2.45) is 0 Å². The maximum absolute atomic E-state index is 12.0. The minimum atomic E-state index is -0.257. The first-order chi connectivity index (χ1) is 9.19. The van der Waals surface area contributed by atoms with Crippen molar-refractivity contribution in [1.29, 1.82) is 0 Å². The largest absolute Gasteiger partial charge is 0.394 e. The Morgan fingerprint density at radius 2 is 2.11 bits per heavy atom. The third kappa shape index (κ3) is 4.29. The second-order valence-corrected chi connectivity index (χ2v) is 6.99. The molecule has 2 N–H and O–H groups in total. The molecule has 5 heteroatoms. The Morgan fingerprint density at radius 1 is 1.37 bits per heavy atom. The highest BCUT2D eigenvalue weighted by Crippen LogP contribution is 2.16. The van der Waals surface area contributed by atoms with E-state index >= 15 is 0 Å². The van der Waals surface area contributed by atoms with Gasteiger partial charge in [0.2, 0.25) is 0 Å². The molecule has 0 spiro atoms. The fourth-order valence-electron chi connectivity index (χ4n) is 1.76. The summed E-state index contributed by atoms with van der Waals surface area (Å²) >= 11 is 3.72. The molecule has 1 aromatic heterocycles. The van der Waals surface area contributed by atoms with Gasteiger partial charge >= 0.3 is 0 Å². The molecule has 1 amide bonds. The van der Waals surface area contributed by atoms with E-state index in [9.17, 15) is 9.90 Å². The van der Waals surface area contributed by atoms with Gasteiger partial charge in [-0.3, -0.25) is 4.79 Å². The van der Waals surface area contributed by atoms with Gasteiger partial charge in [-0.1, -0.05) is 30.3 Å². The number of carbonyl (C=O) groups excluding carboxylic acids is 1. The zero-order chi connectivity index (χ0) is 13.7. The quantitative estimate of drug-likeness (QED) is 0.776. The van der Waals surface area contributed by atoms with E-state index < -0.39 is 0 Å². The number of carbonyl (C=O) groups is 1. The molecule has 0 fully saturated rings. The average molecular weight is 387 g/mol. The van der Waals surface area contributed by atoms with Crippen molar-refractivity contribution in [3.8, 4) is 0 Å². The molecule has 0 bridgehead atoms. The van der Waals surface area contributed by atoms with E-state index in [1.54, 1.807) is 0 Å². The van der Waals surface area contributed by atoms with Crippen molar-refractivity contribution in [3.63, 3.8) is 0 Å². The SMILES string of the molecule is O=C(N[C@H](CO)Cc1ccccc1)c1csc(I)c1. The summed E-state index contributed by atoms with van der Waals surface area (Å²) in [5.74, 6) is -0.130. The lowest BCUT2D eigenvalue weighted by Crippen LogP contribution is -2.38. The molecule has 0 unspecified atom stereocenters. The molecule has 0 radical (unpaired) electrons. The van der Waals surface area contributed by atoms with E-state index in [4.69, 9.17) is 0 Å². The first-order valence-electron chi connectivity index (χ1n) is 5.88. The summed E-state index contributed by atoms with van der Waals surface area (Å²) in [4.78, 5) is 12.0. The molecule has 19 heavy (non-hydrogen) atoms. The van der Waals surface area contributed by atoms with Gasteiger partial charge in [-0.25, -0.2) is 0 Å². The van der Waals surface area contributed by atoms with Crippen molar-refractivity contribution in [1.82, 2.24) is 5.32 Å². The summed E-state index contributed by atoms with van der Waals surface area (Å²) in [5, 5.41) is 14.1. The van der Waals surface area contributed by atoms with Crippen LogP contribution in [0.1, 0.15) is 15.9 Å². The molecule has 1 aromatic carbocycles. The third-order valence-electron chi connectivity index (χ3n) is 2.71.